The van der Waals surface area contributed by atoms with Gasteiger partial charge in [0.2, 0.25) is 11.9 Å². The van der Waals surface area contributed by atoms with Gasteiger partial charge < -0.3 is 15.0 Å². The number of nitrogens with zero attached hydrogens (tertiary/aromatic N) is 3. The Morgan fingerprint density at radius 1 is 1.23 bits per heavy atom. The summed E-state index contributed by atoms with van der Waals surface area (Å²) in [5, 5.41) is 3.03. The van der Waals surface area contributed by atoms with Gasteiger partial charge in [-0.3, -0.25) is 4.79 Å². The summed E-state index contributed by atoms with van der Waals surface area (Å²) in [5.41, 5.74) is 4.21. The molecular weight excluding hydrogens is 328 g/mol. The lowest BCUT2D eigenvalue weighted by Crippen LogP contribution is -2.38. The zero-order chi connectivity index (χ0) is 17.9. The van der Waals surface area contributed by atoms with E-state index in [0.29, 0.717) is 6.42 Å². The lowest BCUT2D eigenvalue weighted by molar-refractivity contribution is -0.120. The van der Waals surface area contributed by atoms with Gasteiger partial charge in [0, 0.05) is 36.6 Å². The number of fused-ring (bicyclic) bond motifs is 1. The first-order valence-electron chi connectivity index (χ1n) is 9.24. The van der Waals surface area contributed by atoms with Gasteiger partial charge in [-0.05, 0) is 43.9 Å². The van der Waals surface area contributed by atoms with Gasteiger partial charge in [0.25, 0.3) is 0 Å². The highest BCUT2D eigenvalue weighted by Gasteiger charge is 2.27. The second kappa shape index (κ2) is 7.41. The van der Waals surface area contributed by atoms with Crippen molar-refractivity contribution in [2.24, 2.45) is 5.92 Å². The molecule has 0 saturated carbocycles. The van der Waals surface area contributed by atoms with Crippen LogP contribution in [0.4, 0.5) is 11.6 Å². The number of hydrogen-bond donors (Lipinski definition) is 1. The van der Waals surface area contributed by atoms with Crippen molar-refractivity contribution < 1.29 is 9.53 Å². The van der Waals surface area contributed by atoms with Crippen LogP contribution in [0.25, 0.3) is 0 Å². The minimum absolute atomic E-state index is 0.0263. The summed E-state index contributed by atoms with van der Waals surface area (Å²) in [5.74, 6) is 0.841. The van der Waals surface area contributed by atoms with Crippen molar-refractivity contribution in [3.8, 4) is 0 Å². The number of carbonyl (C=O) groups excluding carboxylic acids is 1. The van der Waals surface area contributed by atoms with Crippen LogP contribution in [0.15, 0.2) is 30.5 Å². The van der Waals surface area contributed by atoms with Crippen molar-refractivity contribution in [2.75, 3.05) is 36.5 Å². The van der Waals surface area contributed by atoms with E-state index >= 15 is 0 Å². The number of benzene rings is 1. The van der Waals surface area contributed by atoms with E-state index in [9.17, 15) is 4.79 Å². The molecule has 1 aliphatic heterocycles. The Labute approximate surface area is 153 Å². The van der Waals surface area contributed by atoms with Crippen LogP contribution < -0.4 is 10.2 Å². The number of aryl methyl sites for hydroxylation is 2. The molecule has 1 fully saturated rings. The van der Waals surface area contributed by atoms with E-state index in [1.807, 2.05) is 37.4 Å². The van der Waals surface area contributed by atoms with E-state index in [1.165, 1.54) is 5.56 Å². The minimum Gasteiger partial charge on any atom is -0.378 e. The Hall–Kier alpha value is -2.47. The molecule has 0 unspecified atom stereocenters. The number of hydrogen-bond acceptors (Lipinski definition) is 5. The molecule has 2 heterocycles. The van der Waals surface area contributed by atoms with Crippen LogP contribution in [-0.4, -0.2) is 42.2 Å². The van der Waals surface area contributed by atoms with Crippen LogP contribution in [0.5, 0.6) is 0 Å². The summed E-state index contributed by atoms with van der Waals surface area (Å²) >= 11 is 0. The monoisotopic (exact) mass is 352 g/mol. The third-order valence-corrected chi connectivity index (χ3v) is 5.12. The molecule has 1 atom stereocenters. The number of aromatic nitrogens is 2. The molecule has 1 aliphatic carbocycles. The lowest BCUT2D eigenvalue weighted by atomic mass is 9.86. The number of rotatable bonds is 3. The molecule has 6 heteroatoms. The van der Waals surface area contributed by atoms with Crippen LogP contribution in [0, 0.1) is 12.8 Å². The summed E-state index contributed by atoms with van der Waals surface area (Å²) in [6, 6.07) is 7.91. The van der Waals surface area contributed by atoms with Crippen LogP contribution in [0.2, 0.25) is 0 Å². The predicted octanol–water partition coefficient (Wildman–Crippen LogP) is 2.37. The fourth-order valence-electron chi connectivity index (χ4n) is 3.52. The smallest absolute Gasteiger partial charge is 0.227 e. The van der Waals surface area contributed by atoms with Gasteiger partial charge in [0.15, 0.2) is 0 Å². The SMILES string of the molecule is Cc1ccc(NC(=O)[C@@H]2CCc3nc(N4CCOCC4)ncc3C2)cc1. The second-order valence-corrected chi connectivity index (χ2v) is 7.04. The molecule has 2 aliphatic rings. The number of nitrogens with one attached hydrogen (secondary N) is 1. The Morgan fingerprint density at radius 3 is 2.77 bits per heavy atom. The first-order chi connectivity index (χ1) is 12.7. The summed E-state index contributed by atoms with van der Waals surface area (Å²) < 4.78 is 5.39. The summed E-state index contributed by atoms with van der Waals surface area (Å²) in [6.45, 7) is 5.15. The van der Waals surface area contributed by atoms with Crippen LogP contribution >= 0.6 is 0 Å². The van der Waals surface area contributed by atoms with Gasteiger partial charge in [-0.15, -0.1) is 0 Å². The molecule has 1 aromatic heterocycles. The predicted molar refractivity (Wildman–Crippen MR) is 100 cm³/mol. The van der Waals surface area contributed by atoms with Crippen molar-refractivity contribution >= 4 is 17.5 Å². The third kappa shape index (κ3) is 3.70. The largest absolute Gasteiger partial charge is 0.378 e. The highest BCUT2D eigenvalue weighted by Crippen LogP contribution is 2.26. The highest BCUT2D eigenvalue weighted by molar-refractivity contribution is 5.92. The number of carbonyl (C=O) groups is 1. The number of morpholine rings is 1. The van der Waals surface area contributed by atoms with E-state index < -0.39 is 0 Å². The third-order valence-electron chi connectivity index (χ3n) is 5.12. The Bertz CT molecular complexity index is 785. The molecule has 0 bridgehead atoms. The van der Waals surface area contributed by atoms with Gasteiger partial charge in [-0.2, -0.15) is 0 Å². The zero-order valence-electron chi connectivity index (χ0n) is 15.1. The van der Waals surface area contributed by atoms with Crippen molar-refractivity contribution in [2.45, 2.75) is 26.2 Å². The molecule has 136 valence electrons. The Kier molecular flexibility index (Phi) is 4.84. The van der Waals surface area contributed by atoms with E-state index in [-0.39, 0.29) is 11.8 Å². The van der Waals surface area contributed by atoms with E-state index in [4.69, 9.17) is 9.72 Å². The van der Waals surface area contributed by atoms with Crippen molar-refractivity contribution in [3.63, 3.8) is 0 Å². The van der Waals surface area contributed by atoms with Gasteiger partial charge in [0.1, 0.15) is 0 Å². The number of amides is 1. The molecule has 0 radical (unpaired) electrons. The van der Waals surface area contributed by atoms with Crippen LogP contribution in [0.3, 0.4) is 0 Å². The first kappa shape index (κ1) is 17.0. The zero-order valence-corrected chi connectivity index (χ0v) is 15.1. The fourth-order valence-corrected chi connectivity index (χ4v) is 3.52. The number of ether oxygens (including phenoxy) is 1. The van der Waals surface area contributed by atoms with Crippen molar-refractivity contribution in [3.05, 3.63) is 47.3 Å². The van der Waals surface area contributed by atoms with Gasteiger partial charge in [-0.25, -0.2) is 9.97 Å². The summed E-state index contributed by atoms with van der Waals surface area (Å²) in [7, 11) is 0. The summed E-state index contributed by atoms with van der Waals surface area (Å²) in [6.07, 6.45) is 4.25. The first-order valence-corrected chi connectivity index (χ1v) is 9.24. The maximum atomic E-state index is 12.6. The molecule has 6 nitrogen and oxygen atoms in total. The molecule has 1 N–H and O–H groups in total. The summed E-state index contributed by atoms with van der Waals surface area (Å²) in [4.78, 5) is 24.1. The van der Waals surface area contributed by atoms with Gasteiger partial charge in [-0.1, -0.05) is 17.7 Å². The van der Waals surface area contributed by atoms with Gasteiger partial charge in [0.05, 0.1) is 13.2 Å². The van der Waals surface area contributed by atoms with Gasteiger partial charge >= 0.3 is 0 Å². The molecule has 1 amide bonds. The van der Waals surface area contributed by atoms with E-state index in [1.54, 1.807) is 0 Å². The van der Waals surface area contributed by atoms with E-state index in [2.05, 4.69) is 15.2 Å². The molecule has 26 heavy (non-hydrogen) atoms. The molecule has 1 saturated heterocycles. The minimum atomic E-state index is -0.0263. The Balaban J connectivity index is 1.42. The molecular formula is C20H24N4O2. The Morgan fingerprint density at radius 2 is 2.00 bits per heavy atom. The molecule has 2 aromatic rings. The molecule has 4 rings (SSSR count). The van der Waals surface area contributed by atoms with Crippen LogP contribution in [0.1, 0.15) is 23.2 Å². The van der Waals surface area contributed by atoms with E-state index in [0.717, 1.165) is 62.0 Å². The maximum absolute atomic E-state index is 12.6. The topological polar surface area (TPSA) is 67.4 Å². The lowest BCUT2D eigenvalue weighted by Gasteiger charge is -2.28. The fraction of sp³-hybridized carbons (Fsp3) is 0.450. The average molecular weight is 352 g/mol. The highest BCUT2D eigenvalue weighted by atomic mass is 16.5. The van der Waals surface area contributed by atoms with Crippen molar-refractivity contribution in [1.82, 2.24) is 9.97 Å². The van der Waals surface area contributed by atoms with Crippen molar-refractivity contribution in [1.29, 1.82) is 0 Å². The van der Waals surface area contributed by atoms with Crippen LogP contribution in [-0.2, 0) is 22.4 Å². The normalized spacial score (nSPS) is 19.7. The average Bonchev–Trinajstić information content (AvgIpc) is 2.69. The quantitative estimate of drug-likeness (QED) is 0.918. The maximum Gasteiger partial charge on any atom is 0.227 e. The standard InChI is InChI=1S/C20H24N4O2/c1-14-2-5-17(6-3-14)22-19(25)15-4-7-18-16(12-15)13-21-20(23-18)24-8-10-26-11-9-24/h2-3,5-6,13,15H,4,7-12H2,1H3,(H,22,25)/t15-/m1/s1. The molecule has 1 aromatic carbocycles. The second-order valence-electron chi connectivity index (χ2n) is 7.04. The number of anilines is 2. The molecule has 0 spiro atoms.